The third-order valence-electron chi connectivity index (χ3n) is 10.4. The average molecular weight is 824 g/mol. The topological polar surface area (TPSA) is 182 Å². The lowest BCUT2D eigenvalue weighted by Crippen LogP contribution is -2.50. The predicted molar refractivity (Wildman–Crippen MR) is 224 cm³/mol. The van der Waals surface area contributed by atoms with Gasteiger partial charge in [0.15, 0.2) is 0 Å². The Labute approximate surface area is 343 Å². The van der Waals surface area contributed by atoms with Gasteiger partial charge < -0.3 is 29.7 Å². The van der Waals surface area contributed by atoms with Crippen molar-refractivity contribution in [3.05, 3.63) is 54.6 Å². The normalized spacial score (nSPS) is 20.9. The van der Waals surface area contributed by atoms with Crippen molar-refractivity contribution in [3.63, 3.8) is 0 Å². The van der Waals surface area contributed by atoms with E-state index in [1.807, 2.05) is 98.8 Å². The van der Waals surface area contributed by atoms with E-state index in [9.17, 15) is 27.6 Å². The minimum absolute atomic E-state index is 0.0329. The standard InChI is InChI=1S/C34H43N3O5.C7H12N2O4S.C2H6/c1-34(2,3)42-33(39)36-30(19-23-11-7-5-8-12-23)32(38)37-18-17-26(22-37)41-31-21-28(24-13-9-6-10-14-24)35-29-20-25(40-4)15-16-27(29)31;1-5-3-7(5,8-4-10)6(11)9-14(2,12)13;1-2/h6,9-10,13-16,20-21,23,26,30H,5,7-8,11-12,17-19,22H2,1-4H3,(H,36,39);4-5H,3H2,1-2H3,(H,8,10)(H,9,11);1-2H3/t26-,30+;;/m1../s1. The summed E-state index contributed by atoms with van der Waals surface area (Å²) in [5, 5.41) is 6.15. The van der Waals surface area contributed by atoms with Crippen LogP contribution in [0.4, 0.5) is 4.79 Å². The van der Waals surface area contributed by atoms with E-state index in [1.54, 1.807) is 14.0 Å². The van der Waals surface area contributed by atoms with Crippen LogP contribution in [0, 0.1) is 11.8 Å². The van der Waals surface area contributed by atoms with Crippen LogP contribution in [0.3, 0.4) is 0 Å². The number of fused-ring (bicyclic) bond motifs is 1. The number of ether oxygens (including phenoxy) is 3. The molecule has 1 aliphatic heterocycles. The molecule has 14 nitrogen and oxygen atoms in total. The highest BCUT2D eigenvalue weighted by Gasteiger charge is 2.58. The smallest absolute Gasteiger partial charge is 0.408 e. The van der Waals surface area contributed by atoms with Gasteiger partial charge in [0.1, 0.15) is 34.8 Å². The van der Waals surface area contributed by atoms with Crippen molar-refractivity contribution in [2.45, 2.75) is 116 Å². The Bertz CT molecular complexity index is 1980. The maximum Gasteiger partial charge on any atom is 0.408 e. The Morgan fingerprint density at radius 1 is 1.02 bits per heavy atom. The molecule has 4 atom stereocenters. The molecule has 1 saturated heterocycles. The number of methoxy groups -OCH3 is 1. The molecule has 58 heavy (non-hydrogen) atoms. The van der Waals surface area contributed by atoms with Crippen molar-refractivity contribution in [1.82, 2.24) is 25.2 Å². The van der Waals surface area contributed by atoms with Gasteiger partial charge in [-0.2, -0.15) is 0 Å². The average Bonchev–Trinajstić information content (AvgIpc) is 3.61. The summed E-state index contributed by atoms with van der Waals surface area (Å²) in [6, 6.07) is 17.2. The summed E-state index contributed by atoms with van der Waals surface area (Å²) in [5.41, 5.74) is 0.932. The molecule has 3 aliphatic rings. The summed E-state index contributed by atoms with van der Waals surface area (Å²) in [6.45, 7) is 12.3. The molecule has 0 bridgehead atoms. The molecular formula is C43H61N5O9S. The van der Waals surface area contributed by atoms with Crippen molar-refractivity contribution in [2.24, 2.45) is 11.8 Å². The molecular weight excluding hydrogens is 763 g/mol. The zero-order valence-corrected chi connectivity index (χ0v) is 35.9. The Balaban J connectivity index is 0.000000392. The van der Waals surface area contributed by atoms with Gasteiger partial charge in [-0.05, 0) is 57.6 Å². The van der Waals surface area contributed by atoms with E-state index in [4.69, 9.17) is 19.2 Å². The Kier molecular flexibility index (Phi) is 15.9. The van der Waals surface area contributed by atoms with E-state index in [0.717, 1.165) is 52.8 Å². The van der Waals surface area contributed by atoms with Crippen LogP contribution in [-0.2, 0) is 29.1 Å². The molecule has 6 rings (SSSR count). The number of carbonyl (C=O) groups excluding carboxylic acids is 4. The summed E-state index contributed by atoms with van der Waals surface area (Å²) in [5.74, 6) is 1.12. The molecule has 2 aliphatic carbocycles. The lowest BCUT2D eigenvalue weighted by Gasteiger charge is -2.30. The number of pyridine rings is 1. The Morgan fingerprint density at radius 2 is 1.69 bits per heavy atom. The van der Waals surface area contributed by atoms with Gasteiger partial charge in [0.25, 0.3) is 5.91 Å². The van der Waals surface area contributed by atoms with Crippen molar-refractivity contribution in [3.8, 4) is 22.8 Å². The molecule has 2 aromatic carbocycles. The number of benzene rings is 2. The third-order valence-corrected chi connectivity index (χ3v) is 10.9. The number of sulfonamides is 1. The van der Waals surface area contributed by atoms with E-state index >= 15 is 0 Å². The number of nitrogens with zero attached hydrogens (tertiary/aromatic N) is 2. The highest BCUT2D eigenvalue weighted by molar-refractivity contribution is 7.89. The first-order chi connectivity index (χ1) is 27.5. The van der Waals surface area contributed by atoms with Crippen molar-refractivity contribution in [1.29, 1.82) is 0 Å². The van der Waals surface area contributed by atoms with Crippen molar-refractivity contribution in [2.75, 3.05) is 26.5 Å². The van der Waals surface area contributed by atoms with Gasteiger partial charge in [-0.25, -0.2) is 18.2 Å². The van der Waals surface area contributed by atoms with Crippen LogP contribution in [0.1, 0.15) is 92.9 Å². The fourth-order valence-electron chi connectivity index (χ4n) is 7.38. The maximum absolute atomic E-state index is 13.8. The van der Waals surface area contributed by atoms with Crippen LogP contribution in [0.25, 0.3) is 22.2 Å². The number of alkyl carbamates (subject to hydrolysis) is 1. The third kappa shape index (κ3) is 12.8. The number of aromatic nitrogens is 1. The quantitative estimate of drug-likeness (QED) is 0.174. The van der Waals surface area contributed by atoms with Gasteiger partial charge in [0, 0.05) is 36.0 Å². The molecule has 15 heteroatoms. The zero-order valence-electron chi connectivity index (χ0n) is 35.1. The molecule has 2 unspecified atom stereocenters. The number of likely N-dealkylation sites (tertiary alicyclic amines) is 1. The summed E-state index contributed by atoms with van der Waals surface area (Å²) in [7, 11) is -1.92. The minimum atomic E-state index is -3.56. The maximum atomic E-state index is 13.8. The summed E-state index contributed by atoms with van der Waals surface area (Å²) in [6.07, 6.45) is 8.16. The molecule has 0 spiro atoms. The van der Waals surface area contributed by atoms with Gasteiger partial charge >= 0.3 is 6.09 Å². The van der Waals surface area contributed by atoms with E-state index in [0.29, 0.717) is 44.7 Å². The van der Waals surface area contributed by atoms with Gasteiger partial charge in [-0.3, -0.25) is 19.1 Å². The van der Waals surface area contributed by atoms with Crippen LogP contribution < -0.4 is 24.8 Å². The lowest BCUT2D eigenvalue weighted by molar-refractivity contribution is -0.133. The lowest BCUT2D eigenvalue weighted by atomic mass is 9.84. The van der Waals surface area contributed by atoms with Gasteiger partial charge in [-0.1, -0.05) is 83.2 Å². The number of carbonyl (C=O) groups is 4. The van der Waals surface area contributed by atoms with Gasteiger partial charge in [-0.15, -0.1) is 0 Å². The van der Waals surface area contributed by atoms with Crippen LogP contribution in [0.15, 0.2) is 54.6 Å². The zero-order chi connectivity index (χ0) is 42.7. The molecule has 4 amide bonds. The van der Waals surface area contributed by atoms with E-state index in [1.165, 1.54) is 19.3 Å². The first kappa shape index (κ1) is 45.8. The Hall–Kier alpha value is -4.92. The van der Waals surface area contributed by atoms with Crippen LogP contribution in [-0.4, -0.2) is 92.4 Å². The molecule has 3 aromatic rings. The van der Waals surface area contributed by atoms with Gasteiger partial charge in [0.05, 0.1) is 31.1 Å². The second kappa shape index (κ2) is 20.2. The second-order valence-electron chi connectivity index (χ2n) is 16.0. The SMILES string of the molecule is CC.CC1CC1(NC=O)C(=O)NS(C)(=O)=O.COc1ccc2c(O[C@@H]3CCN(C(=O)[C@H](CC4CCCCC4)NC(=O)OC(C)(C)C)C3)cc(-c3ccccc3)nc2c1. The second-order valence-corrected chi connectivity index (χ2v) is 17.8. The summed E-state index contributed by atoms with van der Waals surface area (Å²) in [4.78, 5) is 54.9. The molecule has 2 heterocycles. The number of hydrogen-bond acceptors (Lipinski definition) is 10. The van der Waals surface area contributed by atoms with Crippen molar-refractivity contribution >= 4 is 45.2 Å². The predicted octanol–water partition coefficient (Wildman–Crippen LogP) is 6.37. The first-order valence-corrected chi connectivity index (χ1v) is 22.1. The summed E-state index contributed by atoms with van der Waals surface area (Å²) < 4.78 is 41.0. The summed E-state index contributed by atoms with van der Waals surface area (Å²) >= 11 is 0. The van der Waals surface area contributed by atoms with Crippen LogP contribution in [0.5, 0.6) is 11.5 Å². The molecule has 3 fully saturated rings. The van der Waals surface area contributed by atoms with Gasteiger partial charge in [0.2, 0.25) is 22.3 Å². The number of hydrogen-bond donors (Lipinski definition) is 3. The molecule has 0 radical (unpaired) electrons. The van der Waals surface area contributed by atoms with Crippen LogP contribution in [0.2, 0.25) is 0 Å². The van der Waals surface area contributed by atoms with E-state index in [2.05, 4.69) is 10.6 Å². The molecule has 318 valence electrons. The highest BCUT2D eigenvalue weighted by Crippen LogP contribution is 2.43. The molecule has 1 aromatic heterocycles. The van der Waals surface area contributed by atoms with Crippen molar-refractivity contribution < 1.29 is 41.8 Å². The number of amides is 4. The van der Waals surface area contributed by atoms with E-state index in [-0.39, 0.29) is 17.9 Å². The fraction of sp³-hybridized carbons (Fsp3) is 0.558. The number of rotatable bonds is 12. The largest absolute Gasteiger partial charge is 0.497 e. The minimum Gasteiger partial charge on any atom is -0.497 e. The monoisotopic (exact) mass is 823 g/mol. The van der Waals surface area contributed by atoms with Crippen LogP contribution >= 0.6 is 0 Å². The number of nitrogens with one attached hydrogen (secondary N) is 3. The Morgan fingerprint density at radius 3 is 2.28 bits per heavy atom. The van der Waals surface area contributed by atoms with E-state index < -0.39 is 39.2 Å². The first-order valence-electron chi connectivity index (χ1n) is 20.2. The fourth-order valence-corrected chi connectivity index (χ4v) is 7.90. The molecule has 3 N–H and O–H groups in total. The highest BCUT2D eigenvalue weighted by atomic mass is 32.2. The molecule has 2 saturated carbocycles.